The first kappa shape index (κ1) is 19.5. The van der Waals surface area contributed by atoms with Gasteiger partial charge in [0.15, 0.2) is 5.69 Å². The van der Waals surface area contributed by atoms with Crippen molar-refractivity contribution in [1.82, 2.24) is 15.2 Å². The molecule has 3 rings (SSSR count). The van der Waals surface area contributed by atoms with E-state index in [9.17, 15) is 4.79 Å². The second-order valence-corrected chi connectivity index (χ2v) is 7.92. The van der Waals surface area contributed by atoms with E-state index in [1.807, 2.05) is 62.4 Å². The molecule has 5 nitrogen and oxygen atoms in total. The maximum absolute atomic E-state index is 12.4. The lowest BCUT2D eigenvalue weighted by Crippen LogP contribution is -2.20. The number of hydrogen-bond acceptors (Lipinski definition) is 3. The van der Waals surface area contributed by atoms with Crippen LogP contribution in [0.3, 0.4) is 0 Å². The summed E-state index contributed by atoms with van der Waals surface area (Å²) in [6, 6.07) is 15.9. The van der Waals surface area contributed by atoms with Crippen molar-refractivity contribution in [2.45, 2.75) is 20.4 Å². The third-order valence-corrected chi connectivity index (χ3v) is 5.09. The maximum atomic E-state index is 12.4. The summed E-state index contributed by atoms with van der Waals surface area (Å²) in [4.78, 5) is 12.4. The number of nitrogens with one attached hydrogen (secondary N) is 1. The molecule has 0 radical (unpaired) electrons. The molecule has 1 amide bonds. The molecule has 138 valence electrons. The van der Waals surface area contributed by atoms with Gasteiger partial charge in [-0.25, -0.2) is 5.43 Å². The van der Waals surface area contributed by atoms with Gasteiger partial charge in [-0.3, -0.25) is 9.48 Å². The van der Waals surface area contributed by atoms with Gasteiger partial charge in [-0.1, -0.05) is 57.9 Å². The summed E-state index contributed by atoms with van der Waals surface area (Å²) in [6.07, 6.45) is 1.79. The lowest BCUT2D eigenvalue weighted by molar-refractivity contribution is 0.0948. The zero-order chi connectivity index (χ0) is 19.4. The normalized spacial score (nSPS) is 11.5. The average molecular weight is 490 g/mol. The van der Waals surface area contributed by atoms with Crippen LogP contribution in [0.25, 0.3) is 0 Å². The van der Waals surface area contributed by atoms with Crippen molar-refractivity contribution in [1.29, 1.82) is 0 Å². The number of amides is 1. The van der Waals surface area contributed by atoms with Gasteiger partial charge in [-0.05, 0) is 53.0 Å². The largest absolute Gasteiger partial charge is 0.293 e. The van der Waals surface area contributed by atoms with E-state index < -0.39 is 0 Å². The number of benzene rings is 2. The molecule has 0 spiro atoms. The molecule has 1 N–H and O–H groups in total. The molecule has 1 aromatic heterocycles. The van der Waals surface area contributed by atoms with E-state index in [0.717, 1.165) is 21.3 Å². The number of rotatable bonds is 5. The van der Waals surface area contributed by atoms with Crippen molar-refractivity contribution in [3.63, 3.8) is 0 Å². The van der Waals surface area contributed by atoms with Gasteiger partial charge in [0.1, 0.15) is 0 Å². The highest BCUT2D eigenvalue weighted by Crippen LogP contribution is 2.17. The highest BCUT2D eigenvalue weighted by atomic mass is 79.9. The molecule has 7 heteroatoms. The van der Waals surface area contributed by atoms with E-state index >= 15 is 0 Å². The quantitative estimate of drug-likeness (QED) is 0.408. The summed E-state index contributed by atoms with van der Waals surface area (Å²) in [5.41, 5.74) is 6.83. The highest BCUT2D eigenvalue weighted by Gasteiger charge is 2.15. The molecule has 0 aliphatic carbocycles. The summed E-state index contributed by atoms with van der Waals surface area (Å²) >= 11 is 6.82. The predicted molar refractivity (Wildman–Crippen MR) is 114 cm³/mol. The molecule has 0 aliphatic rings. The van der Waals surface area contributed by atoms with Crippen LogP contribution in [-0.2, 0) is 6.54 Å². The summed E-state index contributed by atoms with van der Waals surface area (Å²) in [5.74, 6) is -0.358. The minimum absolute atomic E-state index is 0.299. The monoisotopic (exact) mass is 488 g/mol. The molecule has 27 heavy (non-hydrogen) atoms. The number of carbonyl (C=O) groups excluding carboxylic acids is 1. The van der Waals surface area contributed by atoms with Gasteiger partial charge in [0.25, 0.3) is 5.91 Å². The summed E-state index contributed by atoms with van der Waals surface area (Å²) in [7, 11) is 0. The molecule has 1 heterocycles. The Morgan fingerprint density at radius 2 is 1.78 bits per heavy atom. The fraction of sp³-hybridized carbons (Fsp3) is 0.150. The lowest BCUT2D eigenvalue weighted by Gasteiger charge is -2.03. The first-order chi connectivity index (χ1) is 12.9. The first-order valence-electron chi connectivity index (χ1n) is 8.31. The Bertz CT molecular complexity index is 976. The molecule has 0 bridgehead atoms. The molecule has 0 fully saturated rings. The Balaban J connectivity index is 1.69. The van der Waals surface area contributed by atoms with Gasteiger partial charge < -0.3 is 0 Å². The number of aromatic nitrogens is 2. The van der Waals surface area contributed by atoms with E-state index in [1.165, 1.54) is 5.56 Å². The number of aryl methyl sites for hydroxylation is 1. The van der Waals surface area contributed by atoms with Crippen molar-refractivity contribution in [2.24, 2.45) is 5.10 Å². The van der Waals surface area contributed by atoms with E-state index in [1.54, 1.807) is 10.9 Å². The number of nitrogens with zero attached hydrogens (tertiary/aromatic N) is 3. The summed E-state index contributed by atoms with van der Waals surface area (Å²) in [5, 5.41) is 8.55. The fourth-order valence-corrected chi connectivity index (χ4v) is 3.22. The van der Waals surface area contributed by atoms with Crippen molar-refractivity contribution < 1.29 is 4.79 Å². The molecule has 0 aliphatic heterocycles. The van der Waals surface area contributed by atoms with Crippen LogP contribution >= 0.6 is 31.9 Å². The second kappa shape index (κ2) is 8.63. The van der Waals surface area contributed by atoms with Gasteiger partial charge >= 0.3 is 0 Å². The summed E-state index contributed by atoms with van der Waals surface area (Å²) < 4.78 is 3.37. The lowest BCUT2D eigenvalue weighted by atomic mass is 10.1. The SMILES string of the molecule is C/C(=N\NC(=O)c1nn(Cc2ccc(Br)cc2)cc1Br)c1ccc(C)cc1. The number of halogens is 2. The second-order valence-electron chi connectivity index (χ2n) is 6.15. The highest BCUT2D eigenvalue weighted by molar-refractivity contribution is 9.10. The standard InChI is InChI=1S/C20H18Br2N4O/c1-13-3-7-16(8-4-13)14(2)23-24-20(27)19-18(22)12-26(25-19)11-15-5-9-17(21)10-6-15/h3-10,12H,11H2,1-2H3,(H,24,27)/b23-14+. The fourth-order valence-electron chi connectivity index (χ4n) is 2.46. The van der Waals surface area contributed by atoms with Crippen LogP contribution in [0.1, 0.15) is 34.1 Å². The first-order valence-corrected chi connectivity index (χ1v) is 9.90. The van der Waals surface area contributed by atoms with Crippen molar-refractivity contribution in [2.75, 3.05) is 0 Å². The summed E-state index contributed by atoms with van der Waals surface area (Å²) in [6.45, 7) is 4.46. The van der Waals surface area contributed by atoms with Crippen molar-refractivity contribution in [3.8, 4) is 0 Å². The van der Waals surface area contributed by atoms with Crippen molar-refractivity contribution in [3.05, 3.63) is 86.1 Å². The number of hydrazone groups is 1. The third kappa shape index (κ3) is 5.14. The molecule has 0 atom stereocenters. The minimum Gasteiger partial charge on any atom is -0.266 e. The van der Waals surface area contributed by atoms with Crippen LogP contribution in [0.2, 0.25) is 0 Å². The Morgan fingerprint density at radius 3 is 2.44 bits per heavy atom. The van der Waals surface area contributed by atoms with E-state index in [0.29, 0.717) is 16.7 Å². The van der Waals surface area contributed by atoms with E-state index in [2.05, 4.69) is 47.5 Å². The van der Waals surface area contributed by atoms with Gasteiger partial charge in [0.05, 0.1) is 16.7 Å². The van der Waals surface area contributed by atoms with E-state index in [-0.39, 0.29) is 5.91 Å². The van der Waals surface area contributed by atoms with Crippen LogP contribution in [0.5, 0.6) is 0 Å². The number of hydrogen-bond donors (Lipinski definition) is 1. The molecule has 0 unspecified atom stereocenters. The Morgan fingerprint density at radius 1 is 1.11 bits per heavy atom. The average Bonchev–Trinajstić information content (AvgIpc) is 3.02. The van der Waals surface area contributed by atoms with E-state index in [4.69, 9.17) is 0 Å². The molecular formula is C20H18Br2N4O. The molecule has 0 saturated heterocycles. The third-order valence-electron chi connectivity index (χ3n) is 3.98. The van der Waals surface area contributed by atoms with Gasteiger partial charge in [0, 0.05) is 10.7 Å². The molecule has 0 saturated carbocycles. The van der Waals surface area contributed by atoms with Crippen LogP contribution in [0.15, 0.2) is 68.8 Å². The zero-order valence-corrected chi connectivity index (χ0v) is 18.1. The zero-order valence-electron chi connectivity index (χ0n) is 14.9. The molecular weight excluding hydrogens is 472 g/mol. The van der Waals surface area contributed by atoms with Crippen LogP contribution < -0.4 is 5.43 Å². The van der Waals surface area contributed by atoms with Crippen LogP contribution in [0.4, 0.5) is 0 Å². The Hall–Kier alpha value is -2.25. The van der Waals surface area contributed by atoms with Gasteiger partial charge in [-0.15, -0.1) is 0 Å². The minimum atomic E-state index is -0.358. The number of carbonyl (C=O) groups is 1. The molecule has 2 aromatic carbocycles. The Labute approximate surface area is 174 Å². The van der Waals surface area contributed by atoms with Crippen molar-refractivity contribution >= 4 is 43.5 Å². The smallest absolute Gasteiger partial charge is 0.266 e. The topological polar surface area (TPSA) is 59.3 Å². The van der Waals surface area contributed by atoms with Gasteiger partial charge in [-0.2, -0.15) is 10.2 Å². The Kier molecular flexibility index (Phi) is 6.23. The van der Waals surface area contributed by atoms with Gasteiger partial charge in [0.2, 0.25) is 0 Å². The maximum Gasteiger partial charge on any atom is 0.293 e. The van der Waals surface area contributed by atoms with Crippen LogP contribution in [-0.4, -0.2) is 21.4 Å². The predicted octanol–water partition coefficient (Wildman–Crippen LogP) is 4.92. The van der Waals surface area contributed by atoms with Crippen LogP contribution in [0, 0.1) is 6.92 Å². The molecule has 3 aromatic rings.